The summed E-state index contributed by atoms with van der Waals surface area (Å²) in [5, 5.41) is 8.18. The van der Waals surface area contributed by atoms with Crippen molar-refractivity contribution in [3.05, 3.63) is 42.0 Å². The molecule has 0 radical (unpaired) electrons. The van der Waals surface area contributed by atoms with E-state index >= 15 is 0 Å². The van der Waals surface area contributed by atoms with Crippen LogP contribution in [0.15, 0.2) is 35.1 Å². The van der Waals surface area contributed by atoms with E-state index < -0.39 is 26.3 Å². The maximum absolute atomic E-state index is 15.0. The van der Waals surface area contributed by atoms with E-state index in [2.05, 4.69) is 19.8 Å². The number of carbonyl (C=O) groups excluding carboxylic acids is 1. The van der Waals surface area contributed by atoms with E-state index in [1.807, 2.05) is 0 Å². The summed E-state index contributed by atoms with van der Waals surface area (Å²) in [5.41, 5.74) is 12.2. The van der Waals surface area contributed by atoms with Crippen molar-refractivity contribution < 1.29 is 37.3 Å². The molecule has 4 aromatic rings. The van der Waals surface area contributed by atoms with Gasteiger partial charge in [0.05, 0.1) is 28.8 Å². The molecule has 0 unspecified atom stereocenters. The van der Waals surface area contributed by atoms with E-state index in [0.29, 0.717) is 0 Å². The first-order valence-corrected chi connectivity index (χ1v) is 11.2. The second-order valence-electron chi connectivity index (χ2n) is 6.92. The summed E-state index contributed by atoms with van der Waals surface area (Å²) >= 11 is 0. The fourth-order valence-electron chi connectivity index (χ4n) is 3.25. The number of esters is 1. The Morgan fingerprint density at radius 1 is 1.26 bits per heavy atom. The molecule has 6 N–H and O–H groups in total. The summed E-state index contributed by atoms with van der Waals surface area (Å²) in [4.78, 5) is 34.3. The first-order valence-electron chi connectivity index (χ1n) is 9.63. The van der Waals surface area contributed by atoms with Crippen LogP contribution in [0.3, 0.4) is 0 Å². The molecule has 15 heteroatoms. The van der Waals surface area contributed by atoms with Crippen molar-refractivity contribution >= 4 is 36.3 Å². The van der Waals surface area contributed by atoms with Crippen LogP contribution in [0.25, 0.3) is 33.5 Å². The van der Waals surface area contributed by atoms with Gasteiger partial charge >= 0.3 is 13.8 Å². The Labute approximate surface area is 190 Å². The van der Waals surface area contributed by atoms with Crippen LogP contribution in [-0.4, -0.2) is 42.3 Å². The summed E-state index contributed by atoms with van der Waals surface area (Å²) in [7, 11) is -4.75. The molecule has 0 spiro atoms. The van der Waals surface area contributed by atoms with Gasteiger partial charge in [-0.3, -0.25) is 9.51 Å². The number of nitrogens with two attached hydrogens (primary N) is 2. The van der Waals surface area contributed by atoms with Crippen molar-refractivity contribution in [2.75, 3.05) is 18.1 Å². The highest BCUT2D eigenvalue weighted by Gasteiger charge is 2.24. The van der Waals surface area contributed by atoms with Gasteiger partial charge in [-0.25, -0.2) is 18.4 Å². The largest absolute Gasteiger partial charge is 0.471 e. The van der Waals surface area contributed by atoms with Gasteiger partial charge in [0, 0.05) is 29.7 Å². The Morgan fingerprint density at radius 2 is 2.03 bits per heavy atom. The van der Waals surface area contributed by atoms with Gasteiger partial charge in [-0.05, 0) is 19.1 Å². The minimum Gasteiger partial charge on any atom is -0.462 e. The first-order chi connectivity index (χ1) is 16.1. The average molecular weight is 492 g/mol. The van der Waals surface area contributed by atoms with Gasteiger partial charge in [0.1, 0.15) is 11.5 Å². The topological polar surface area (TPSA) is 202 Å². The molecule has 3 aromatic heterocycles. The van der Waals surface area contributed by atoms with Crippen molar-refractivity contribution in [2.45, 2.75) is 13.7 Å². The number of ether oxygens (including phenoxy) is 1. The molecule has 178 valence electrons. The van der Waals surface area contributed by atoms with E-state index in [1.165, 1.54) is 24.5 Å². The highest BCUT2D eigenvalue weighted by molar-refractivity contribution is 7.46. The van der Waals surface area contributed by atoms with Crippen molar-refractivity contribution in [3.63, 3.8) is 0 Å². The van der Waals surface area contributed by atoms with Crippen LogP contribution in [0, 0.1) is 5.82 Å². The number of hydrogen-bond acceptors (Lipinski definition) is 10. The Hall–Kier alpha value is -3.84. The van der Waals surface area contributed by atoms with Crippen LogP contribution in [0.4, 0.5) is 15.9 Å². The smallest absolute Gasteiger partial charge is 0.462 e. The molecule has 13 nitrogen and oxygen atoms in total. The third kappa shape index (κ3) is 4.47. The molecule has 3 heterocycles. The Morgan fingerprint density at radius 3 is 2.74 bits per heavy atom. The first kappa shape index (κ1) is 23.3. The SMILES string of the molecule is CCOC(=O)c1cc(-c2nccc3onc(-c4cn(COP(=O)(O)O)nc4N)c23)c(F)cc1N. The fourth-order valence-corrected chi connectivity index (χ4v) is 3.52. The van der Waals surface area contributed by atoms with Gasteiger partial charge < -0.3 is 30.5 Å². The predicted molar refractivity (Wildman–Crippen MR) is 116 cm³/mol. The lowest BCUT2D eigenvalue weighted by atomic mass is 10.0. The second-order valence-corrected chi connectivity index (χ2v) is 8.16. The lowest BCUT2D eigenvalue weighted by Crippen LogP contribution is -2.09. The molecular formula is C19H18FN6O7P. The molecule has 0 aliphatic rings. The Bertz CT molecular complexity index is 1450. The quantitative estimate of drug-likeness (QED) is 0.167. The zero-order valence-electron chi connectivity index (χ0n) is 17.5. The van der Waals surface area contributed by atoms with E-state index in [4.69, 9.17) is 30.5 Å². The summed E-state index contributed by atoms with van der Waals surface area (Å²) in [6.45, 7) is 1.13. The minimum atomic E-state index is -4.75. The zero-order valence-corrected chi connectivity index (χ0v) is 18.4. The fraction of sp³-hybridized carbons (Fsp3) is 0.158. The predicted octanol–water partition coefficient (Wildman–Crippen LogP) is 2.30. The van der Waals surface area contributed by atoms with Gasteiger partial charge in [-0.1, -0.05) is 5.16 Å². The van der Waals surface area contributed by atoms with Crippen molar-refractivity contribution in [1.29, 1.82) is 0 Å². The van der Waals surface area contributed by atoms with Crippen molar-refractivity contribution in [3.8, 4) is 22.5 Å². The van der Waals surface area contributed by atoms with E-state index in [0.717, 1.165) is 10.7 Å². The zero-order chi connectivity index (χ0) is 24.6. The van der Waals surface area contributed by atoms with Gasteiger partial charge in [-0.15, -0.1) is 0 Å². The Kier molecular flexibility index (Phi) is 6.06. The molecule has 0 atom stereocenters. The molecular weight excluding hydrogens is 474 g/mol. The molecule has 4 rings (SSSR count). The number of halogens is 1. The summed E-state index contributed by atoms with van der Waals surface area (Å²) in [5.74, 6) is -1.55. The van der Waals surface area contributed by atoms with Gasteiger partial charge in [-0.2, -0.15) is 5.10 Å². The number of phosphoric ester groups is 1. The van der Waals surface area contributed by atoms with Crippen LogP contribution in [0.1, 0.15) is 17.3 Å². The summed E-state index contributed by atoms with van der Waals surface area (Å²) in [6, 6.07) is 3.71. The van der Waals surface area contributed by atoms with Gasteiger partial charge in [0.2, 0.25) is 0 Å². The normalized spacial score (nSPS) is 11.8. The highest BCUT2D eigenvalue weighted by atomic mass is 31.2. The van der Waals surface area contributed by atoms with Crippen LogP contribution in [-0.2, 0) is 20.6 Å². The third-order valence-electron chi connectivity index (χ3n) is 4.68. The van der Waals surface area contributed by atoms with Crippen molar-refractivity contribution in [2.24, 2.45) is 0 Å². The lowest BCUT2D eigenvalue weighted by Gasteiger charge is -2.10. The number of nitrogen functional groups attached to an aromatic ring is 2. The van der Waals surface area contributed by atoms with Crippen LogP contribution in [0.2, 0.25) is 0 Å². The maximum Gasteiger partial charge on any atom is 0.471 e. The number of pyridine rings is 1. The molecule has 0 saturated carbocycles. The molecule has 0 aliphatic heterocycles. The lowest BCUT2D eigenvalue weighted by molar-refractivity contribution is 0.0527. The third-order valence-corrected chi connectivity index (χ3v) is 5.13. The molecule has 1 aromatic carbocycles. The number of nitrogens with zero attached hydrogens (tertiary/aromatic N) is 4. The highest BCUT2D eigenvalue weighted by Crippen LogP contribution is 2.39. The molecule has 0 fully saturated rings. The number of benzene rings is 1. The van der Waals surface area contributed by atoms with Crippen LogP contribution < -0.4 is 11.5 Å². The monoisotopic (exact) mass is 492 g/mol. The number of aromatic nitrogens is 4. The molecule has 0 amide bonds. The number of rotatable bonds is 7. The van der Waals surface area contributed by atoms with Gasteiger partial charge in [0.25, 0.3) is 0 Å². The second kappa shape index (κ2) is 8.83. The number of anilines is 2. The number of phosphoric acid groups is 1. The average Bonchev–Trinajstić information content (AvgIpc) is 3.35. The number of hydrogen-bond donors (Lipinski definition) is 4. The number of fused-ring (bicyclic) bond motifs is 1. The van der Waals surface area contributed by atoms with Crippen LogP contribution >= 0.6 is 7.82 Å². The molecule has 0 aliphatic carbocycles. The maximum atomic E-state index is 15.0. The Balaban J connectivity index is 1.86. The van der Waals surface area contributed by atoms with E-state index in [9.17, 15) is 13.8 Å². The van der Waals surface area contributed by atoms with E-state index in [1.54, 1.807) is 6.92 Å². The minimum absolute atomic E-state index is 0.0445. The standard InChI is InChI=1S/C19H18FN6O7P/c1-2-31-19(27)10-5-9(12(20)6-13(10)21)16-15-14(3-4-23-16)33-25-17(15)11-7-26(24-18(11)22)8-32-34(28,29)30/h3-7H,2,8,21H2,1H3,(H2,22,24)(H2,28,29,30). The molecule has 0 bridgehead atoms. The van der Waals surface area contributed by atoms with Gasteiger partial charge in [0.15, 0.2) is 18.1 Å². The summed E-state index contributed by atoms with van der Waals surface area (Å²) in [6.07, 6.45) is 2.69. The van der Waals surface area contributed by atoms with Crippen LogP contribution in [0.5, 0.6) is 0 Å². The van der Waals surface area contributed by atoms with Crippen molar-refractivity contribution in [1.82, 2.24) is 19.9 Å². The summed E-state index contributed by atoms with van der Waals surface area (Å²) < 4.78 is 41.7. The molecule has 34 heavy (non-hydrogen) atoms. The number of carbonyl (C=O) groups is 1. The molecule has 0 saturated heterocycles. The van der Waals surface area contributed by atoms with E-state index in [-0.39, 0.29) is 57.2 Å².